The first-order valence-electron chi connectivity index (χ1n) is 6.83. The predicted octanol–water partition coefficient (Wildman–Crippen LogP) is 1.32. The normalized spacial score (nSPS) is 33.4. The zero-order chi connectivity index (χ0) is 11.4. The van der Waals surface area contributed by atoms with Crippen LogP contribution in [0.15, 0.2) is 0 Å². The Morgan fingerprint density at radius 1 is 1.00 bits per heavy atom. The van der Waals surface area contributed by atoms with E-state index >= 15 is 0 Å². The van der Waals surface area contributed by atoms with Crippen molar-refractivity contribution in [1.29, 1.82) is 0 Å². The van der Waals surface area contributed by atoms with Crippen molar-refractivity contribution in [1.82, 2.24) is 9.80 Å². The Kier molecular flexibility index (Phi) is 4.22. The molecule has 94 valence electrons. The minimum absolute atomic E-state index is 0.439. The molecule has 2 aliphatic heterocycles. The molecule has 1 unspecified atom stereocenters. The van der Waals surface area contributed by atoms with E-state index in [1.807, 2.05) is 6.92 Å². The summed E-state index contributed by atoms with van der Waals surface area (Å²) < 4.78 is 0. The van der Waals surface area contributed by atoms with Gasteiger partial charge in [0.05, 0.1) is 5.60 Å². The molecule has 3 nitrogen and oxygen atoms in total. The molecular formula is C13H26N2O. The first-order valence-corrected chi connectivity index (χ1v) is 6.83. The van der Waals surface area contributed by atoms with Gasteiger partial charge in [0, 0.05) is 6.54 Å². The van der Waals surface area contributed by atoms with Gasteiger partial charge in [0.2, 0.25) is 0 Å². The lowest BCUT2D eigenvalue weighted by Gasteiger charge is -2.37. The van der Waals surface area contributed by atoms with Crippen molar-refractivity contribution in [3.8, 4) is 0 Å². The first kappa shape index (κ1) is 12.3. The Balaban J connectivity index is 1.61. The molecule has 0 aromatic rings. The summed E-state index contributed by atoms with van der Waals surface area (Å²) in [6.45, 7) is 9.03. The van der Waals surface area contributed by atoms with E-state index in [-0.39, 0.29) is 0 Å². The molecule has 2 fully saturated rings. The van der Waals surface area contributed by atoms with Gasteiger partial charge >= 0.3 is 0 Å². The van der Waals surface area contributed by atoms with Crippen LogP contribution in [0, 0.1) is 0 Å². The molecule has 1 atom stereocenters. The van der Waals surface area contributed by atoms with E-state index in [1.54, 1.807) is 0 Å². The van der Waals surface area contributed by atoms with Crippen LogP contribution in [0.25, 0.3) is 0 Å². The fourth-order valence-corrected chi connectivity index (χ4v) is 3.04. The molecule has 0 aliphatic carbocycles. The second kappa shape index (κ2) is 5.48. The summed E-state index contributed by atoms with van der Waals surface area (Å²) in [6, 6.07) is 0. The van der Waals surface area contributed by atoms with Gasteiger partial charge in [-0.2, -0.15) is 0 Å². The fraction of sp³-hybridized carbons (Fsp3) is 1.00. The summed E-state index contributed by atoms with van der Waals surface area (Å²) in [6.07, 6.45) is 6.15. The number of likely N-dealkylation sites (tertiary alicyclic amines) is 2. The third kappa shape index (κ3) is 3.72. The zero-order valence-electron chi connectivity index (χ0n) is 10.6. The number of nitrogens with zero attached hydrogens (tertiary/aromatic N) is 2. The molecule has 2 rings (SSSR count). The Morgan fingerprint density at radius 2 is 1.62 bits per heavy atom. The summed E-state index contributed by atoms with van der Waals surface area (Å²) in [5.41, 5.74) is -0.439. The van der Waals surface area contributed by atoms with E-state index in [1.165, 1.54) is 45.4 Å². The van der Waals surface area contributed by atoms with Crippen molar-refractivity contribution in [2.45, 2.75) is 44.6 Å². The molecule has 0 aromatic heterocycles. The summed E-state index contributed by atoms with van der Waals surface area (Å²) in [5, 5.41) is 10.0. The molecule has 16 heavy (non-hydrogen) atoms. The van der Waals surface area contributed by atoms with Crippen LogP contribution in [0.5, 0.6) is 0 Å². The van der Waals surface area contributed by atoms with Gasteiger partial charge in [0.1, 0.15) is 0 Å². The number of hydrogen-bond acceptors (Lipinski definition) is 3. The highest BCUT2D eigenvalue weighted by Gasteiger charge is 2.27. The minimum Gasteiger partial charge on any atom is -0.389 e. The third-order valence-electron chi connectivity index (χ3n) is 3.90. The number of rotatable bonds is 4. The number of aliphatic hydroxyl groups is 1. The van der Waals surface area contributed by atoms with Gasteiger partial charge in [-0.05, 0) is 71.8 Å². The van der Waals surface area contributed by atoms with Crippen molar-refractivity contribution < 1.29 is 5.11 Å². The average molecular weight is 226 g/mol. The van der Waals surface area contributed by atoms with Crippen LogP contribution in [0.2, 0.25) is 0 Å². The number of piperidine rings is 1. The van der Waals surface area contributed by atoms with Crippen molar-refractivity contribution in [2.75, 3.05) is 39.3 Å². The molecule has 2 heterocycles. The highest BCUT2D eigenvalue weighted by atomic mass is 16.3. The lowest BCUT2D eigenvalue weighted by Crippen LogP contribution is -2.46. The third-order valence-corrected chi connectivity index (χ3v) is 3.90. The minimum atomic E-state index is -0.439. The van der Waals surface area contributed by atoms with Crippen molar-refractivity contribution >= 4 is 0 Å². The lowest BCUT2D eigenvalue weighted by atomic mass is 9.95. The van der Waals surface area contributed by atoms with E-state index in [9.17, 15) is 5.11 Å². The summed E-state index contributed by atoms with van der Waals surface area (Å²) in [7, 11) is 0. The van der Waals surface area contributed by atoms with E-state index in [0.717, 1.165) is 25.9 Å². The molecule has 1 N–H and O–H groups in total. The Hall–Kier alpha value is -0.120. The maximum atomic E-state index is 10.0. The predicted molar refractivity (Wildman–Crippen MR) is 66.6 cm³/mol. The maximum Gasteiger partial charge on any atom is 0.0746 e. The van der Waals surface area contributed by atoms with Gasteiger partial charge < -0.3 is 14.9 Å². The molecule has 0 spiro atoms. The van der Waals surface area contributed by atoms with Crippen molar-refractivity contribution in [2.24, 2.45) is 0 Å². The van der Waals surface area contributed by atoms with Gasteiger partial charge in [-0.15, -0.1) is 0 Å². The number of β-amino-alcohol motifs (C(OH)–C–C–N with tert-alkyl or cyclic N) is 1. The standard InChI is InChI=1S/C13H26N2O/c1-13(16)6-4-9-15(12-13)11-5-10-14-7-2-3-8-14/h16H,2-12H2,1H3. The molecule has 3 heteroatoms. The smallest absolute Gasteiger partial charge is 0.0746 e. The van der Waals surface area contributed by atoms with E-state index in [2.05, 4.69) is 9.80 Å². The second-order valence-corrected chi connectivity index (χ2v) is 5.78. The zero-order valence-corrected chi connectivity index (χ0v) is 10.6. The largest absolute Gasteiger partial charge is 0.389 e. The molecular weight excluding hydrogens is 200 g/mol. The summed E-state index contributed by atoms with van der Waals surface area (Å²) >= 11 is 0. The van der Waals surface area contributed by atoms with Crippen molar-refractivity contribution in [3.63, 3.8) is 0 Å². The first-order chi connectivity index (χ1) is 7.66. The topological polar surface area (TPSA) is 26.7 Å². The molecule has 0 saturated carbocycles. The Bertz CT molecular complexity index is 212. The average Bonchev–Trinajstić information content (AvgIpc) is 2.69. The highest BCUT2D eigenvalue weighted by molar-refractivity contribution is 4.82. The Labute approximate surface area is 99.4 Å². The van der Waals surface area contributed by atoms with Crippen molar-refractivity contribution in [3.05, 3.63) is 0 Å². The van der Waals surface area contributed by atoms with Gasteiger partial charge in [-0.1, -0.05) is 0 Å². The van der Waals surface area contributed by atoms with Crippen LogP contribution in [-0.2, 0) is 0 Å². The molecule has 0 aromatic carbocycles. The summed E-state index contributed by atoms with van der Waals surface area (Å²) in [5.74, 6) is 0. The van der Waals surface area contributed by atoms with E-state index < -0.39 is 5.60 Å². The molecule has 0 bridgehead atoms. The van der Waals surface area contributed by atoms with Crippen LogP contribution in [-0.4, -0.2) is 59.8 Å². The van der Waals surface area contributed by atoms with E-state index in [0.29, 0.717) is 0 Å². The van der Waals surface area contributed by atoms with Crippen LogP contribution >= 0.6 is 0 Å². The van der Waals surface area contributed by atoms with Gasteiger partial charge in [-0.25, -0.2) is 0 Å². The van der Waals surface area contributed by atoms with Crippen LogP contribution in [0.4, 0.5) is 0 Å². The molecule has 0 radical (unpaired) electrons. The summed E-state index contributed by atoms with van der Waals surface area (Å²) in [4.78, 5) is 5.00. The van der Waals surface area contributed by atoms with Gasteiger partial charge in [-0.3, -0.25) is 0 Å². The molecule has 2 aliphatic rings. The highest BCUT2D eigenvalue weighted by Crippen LogP contribution is 2.20. The second-order valence-electron chi connectivity index (χ2n) is 5.78. The van der Waals surface area contributed by atoms with Gasteiger partial charge in [0.25, 0.3) is 0 Å². The molecule has 0 amide bonds. The Morgan fingerprint density at radius 3 is 2.31 bits per heavy atom. The van der Waals surface area contributed by atoms with Gasteiger partial charge in [0.15, 0.2) is 0 Å². The molecule has 2 saturated heterocycles. The fourth-order valence-electron chi connectivity index (χ4n) is 3.04. The monoisotopic (exact) mass is 226 g/mol. The van der Waals surface area contributed by atoms with Crippen LogP contribution in [0.1, 0.15) is 39.0 Å². The SMILES string of the molecule is CC1(O)CCCN(CCCN2CCCC2)C1. The number of hydrogen-bond donors (Lipinski definition) is 1. The quantitative estimate of drug-likeness (QED) is 0.783. The van der Waals surface area contributed by atoms with Crippen LogP contribution in [0.3, 0.4) is 0 Å². The van der Waals surface area contributed by atoms with E-state index in [4.69, 9.17) is 0 Å². The maximum absolute atomic E-state index is 10.0. The van der Waals surface area contributed by atoms with Crippen LogP contribution < -0.4 is 0 Å². The lowest BCUT2D eigenvalue weighted by molar-refractivity contribution is -0.0161.